The first kappa shape index (κ1) is 15.6. The smallest absolute Gasteiger partial charge is 0.291 e. The van der Waals surface area contributed by atoms with Gasteiger partial charge in [0.2, 0.25) is 0 Å². The van der Waals surface area contributed by atoms with Crippen molar-refractivity contribution in [2.24, 2.45) is 0 Å². The van der Waals surface area contributed by atoms with Crippen LogP contribution in [-0.4, -0.2) is 12.5 Å². The number of hydrogen-bond donors (Lipinski definition) is 1. The van der Waals surface area contributed by atoms with Crippen molar-refractivity contribution in [2.75, 3.05) is 11.9 Å². The van der Waals surface area contributed by atoms with E-state index >= 15 is 0 Å². The van der Waals surface area contributed by atoms with E-state index in [2.05, 4.69) is 21.2 Å². The third kappa shape index (κ3) is 3.24. The lowest BCUT2D eigenvalue weighted by molar-refractivity contribution is 0.0998. The molecule has 1 heterocycles. The van der Waals surface area contributed by atoms with Gasteiger partial charge in [0.1, 0.15) is 11.3 Å². The number of amides is 1. The molecule has 3 rings (SSSR count). The highest BCUT2D eigenvalue weighted by molar-refractivity contribution is 9.10. The van der Waals surface area contributed by atoms with E-state index in [9.17, 15) is 4.79 Å². The van der Waals surface area contributed by atoms with E-state index in [0.717, 1.165) is 21.2 Å². The second-order valence-corrected chi connectivity index (χ2v) is 6.03. The van der Waals surface area contributed by atoms with E-state index in [1.165, 1.54) is 0 Å². The standard InChI is InChI=1S/C18H16BrNO3/c1-3-22-14-6-4-5-13(10-14)20-18(21)17-11(2)15-9-12(19)7-8-16(15)23-17/h4-10H,3H2,1-2H3,(H,20,21). The maximum atomic E-state index is 12.5. The number of furan rings is 1. The molecule has 2 aromatic carbocycles. The zero-order chi connectivity index (χ0) is 16.4. The first-order valence-electron chi connectivity index (χ1n) is 7.31. The topological polar surface area (TPSA) is 51.5 Å². The summed E-state index contributed by atoms with van der Waals surface area (Å²) in [5, 5.41) is 3.77. The van der Waals surface area contributed by atoms with E-state index in [-0.39, 0.29) is 5.91 Å². The van der Waals surface area contributed by atoms with Gasteiger partial charge in [-0.2, -0.15) is 0 Å². The molecule has 118 valence electrons. The third-order valence-electron chi connectivity index (χ3n) is 3.51. The molecule has 0 aliphatic rings. The van der Waals surface area contributed by atoms with Crippen molar-refractivity contribution in [3.63, 3.8) is 0 Å². The fraction of sp³-hybridized carbons (Fsp3) is 0.167. The zero-order valence-electron chi connectivity index (χ0n) is 12.9. The van der Waals surface area contributed by atoms with Gasteiger partial charge in [0.25, 0.3) is 5.91 Å². The van der Waals surface area contributed by atoms with Crippen LogP contribution in [0.15, 0.2) is 51.4 Å². The number of anilines is 1. The van der Waals surface area contributed by atoms with Gasteiger partial charge in [-0.15, -0.1) is 0 Å². The number of ether oxygens (including phenoxy) is 1. The Morgan fingerprint density at radius 3 is 2.87 bits per heavy atom. The molecule has 4 nitrogen and oxygen atoms in total. The lowest BCUT2D eigenvalue weighted by atomic mass is 10.1. The minimum Gasteiger partial charge on any atom is -0.494 e. The first-order valence-corrected chi connectivity index (χ1v) is 8.10. The van der Waals surface area contributed by atoms with Gasteiger partial charge in [-0.05, 0) is 44.2 Å². The molecule has 5 heteroatoms. The number of hydrogen-bond acceptors (Lipinski definition) is 3. The maximum Gasteiger partial charge on any atom is 0.291 e. The van der Waals surface area contributed by atoms with Crippen molar-refractivity contribution < 1.29 is 13.9 Å². The molecule has 0 aliphatic heterocycles. The van der Waals surface area contributed by atoms with E-state index in [4.69, 9.17) is 9.15 Å². The van der Waals surface area contributed by atoms with E-state index < -0.39 is 0 Å². The van der Waals surface area contributed by atoms with Gasteiger partial charge in [-0.3, -0.25) is 4.79 Å². The number of carbonyl (C=O) groups excluding carboxylic acids is 1. The largest absolute Gasteiger partial charge is 0.494 e. The summed E-state index contributed by atoms with van der Waals surface area (Å²) >= 11 is 3.43. The molecule has 0 fully saturated rings. The Hall–Kier alpha value is -2.27. The van der Waals surface area contributed by atoms with Gasteiger partial charge in [0.15, 0.2) is 5.76 Å². The van der Waals surface area contributed by atoms with Crippen LogP contribution in [0.5, 0.6) is 5.75 Å². The monoisotopic (exact) mass is 373 g/mol. The quantitative estimate of drug-likeness (QED) is 0.687. The van der Waals surface area contributed by atoms with Crippen LogP contribution in [0.1, 0.15) is 23.0 Å². The lowest BCUT2D eigenvalue weighted by Gasteiger charge is -2.07. The molecule has 0 unspecified atom stereocenters. The van der Waals surface area contributed by atoms with E-state index in [0.29, 0.717) is 23.6 Å². The van der Waals surface area contributed by atoms with Crippen LogP contribution in [0.2, 0.25) is 0 Å². The fourth-order valence-corrected chi connectivity index (χ4v) is 2.79. The van der Waals surface area contributed by atoms with Crippen molar-refractivity contribution in [1.29, 1.82) is 0 Å². The Bertz CT molecular complexity index is 870. The van der Waals surface area contributed by atoms with Crippen molar-refractivity contribution in [1.82, 2.24) is 0 Å². The van der Waals surface area contributed by atoms with Crippen molar-refractivity contribution in [3.8, 4) is 5.75 Å². The highest BCUT2D eigenvalue weighted by Gasteiger charge is 2.18. The molecular formula is C18H16BrNO3. The molecule has 1 aromatic heterocycles. The highest BCUT2D eigenvalue weighted by atomic mass is 79.9. The van der Waals surface area contributed by atoms with Gasteiger partial charge in [0, 0.05) is 27.2 Å². The summed E-state index contributed by atoms with van der Waals surface area (Å²) < 4.78 is 12.1. The van der Waals surface area contributed by atoms with Crippen LogP contribution >= 0.6 is 15.9 Å². The van der Waals surface area contributed by atoms with E-state index in [1.807, 2.05) is 50.2 Å². The lowest BCUT2D eigenvalue weighted by Crippen LogP contribution is -2.12. The number of benzene rings is 2. The minimum absolute atomic E-state index is 0.275. The Labute approximate surface area is 142 Å². The predicted octanol–water partition coefficient (Wildman–Crippen LogP) is 5.15. The predicted molar refractivity (Wildman–Crippen MR) is 94.2 cm³/mol. The summed E-state index contributed by atoms with van der Waals surface area (Å²) in [4.78, 5) is 12.5. The van der Waals surface area contributed by atoms with Gasteiger partial charge >= 0.3 is 0 Å². The van der Waals surface area contributed by atoms with Crippen LogP contribution in [0, 0.1) is 6.92 Å². The van der Waals surface area contributed by atoms with E-state index in [1.54, 1.807) is 6.07 Å². The van der Waals surface area contributed by atoms with Crippen molar-refractivity contribution in [3.05, 3.63) is 58.3 Å². The number of halogens is 1. The van der Waals surface area contributed by atoms with Crippen molar-refractivity contribution >= 4 is 38.5 Å². The summed E-state index contributed by atoms with van der Waals surface area (Å²) in [5.74, 6) is 0.763. The van der Waals surface area contributed by atoms with Crippen LogP contribution < -0.4 is 10.1 Å². The highest BCUT2D eigenvalue weighted by Crippen LogP contribution is 2.28. The molecule has 0 saturated heterocycles. The minimum atomic E-state index is -0.275. The molecular weight excluding hydrogens is 358 g/mol. The normalized spacial score (nSPS) is 10.7. The van der Waals surface area contributed by atoms with Gasteiger partial charge < -0.3 is 14.5 Å². The first-order chi connectivity index (χ1) is 11.1. The van der Waals surface area contributed by atoms with Crippen LogP contribution in [0.3, 0.4) is 0 Å². The van der Waals surface area contributed by atoms with Crippen LogP contribution in [-0.2, 0) is 0 Å². The fourth-order valence-electron chi connectivity index (χ4n) is 2.43. The summed E-state index contributed by atoms with van der Waals surface area (Å²) in [6, 6.07) is 13.0. The molecule has 0 bridgehead atoms. The molecule has 0 atom stereocenters. The SMILES string of the molecule is CCOc1cccc(NC(=O)c2oc3ccc(Br)cc3c2C)c1. The zero-order valence-corrected chi connectivity index (χ0v) is 14.4. The number of nitrogens with one attached hydrogen (secondary N) is 1. The summed E-state index contributed by atoms with van der Waals surface area (Å²) in [7, 11) is 0. The van der Waals surface area contributed by atoms with Crippen LogP contribution in [0.4, 0.5) is 5.69 Å². The Kier molecular flexibility index (Phi) is 4.39. The Morgan fingerprint density at radius 1 is 1.26 bits per heavy atom. The number of carbonyl (C=O) groups is 1. The molecule has 1 amide bonds. The second kappa shape index (κ2) is 6.46. The summed E-state index contributed by atoms with van der Waals surface area (Å²) in [5.41, 5.74) is 2.18. The molecule has 0 aliphatic carbocycles. The average molecular weight is 374 g/mol. The number of fused-ring (bicyclic) bond motifs is 1. The molecule has 0 spiro atoms. The molecule has 3 aromatic rings. The maximum absolute atomic E-state index is 12.5. The second-order valence-electron chi connectivity index (χ2n) is 5.11. The molecule has 23 heavy (non-hydrogen) atoms. The summed E-state index contributed by atoms with van der Waals surface area (Å²) in [6.45, 7) is 4.37. The van der Waals surface area contributed by atoms with Crippen molar-refractivity contribution in [2.45, 2.75) is 13.8 Å². The molecule has 1 N–H and O–H groups in total. The number of rotatable bonds is 4. The third-order valence-corrected chi connectivity index (χ3v) is 4.00. The average Bonchev–Trinajstić information content (AvgIpc) is 2.85. The Balaban J connectivity index is 1.89. The molecule has 0 radical (unpaired) electrons. The van der Waals surface area contributed by atoms with Gasteiger partial charge in [-0.25, -0.2) is 0 Å². The molecule has 0 saturated carbocycles. The van der Waals surface area contributed by atoms with Gasteiger partial charge in [-0.1, -0.05) is 22.0 Å². The van der Waals surface area contributed by atoms with Gasteiger partial charge in [0.05, 0.1) is 6.61 Å². The van der Waals surface area contributed by atoms with Crippen LogP contribution in [0.25, 0.3) is 11.0 Å². The summed E-state index contributed by atoms with van der Waals surface area (Å²) in [6.07, 6.45) is 0. The Morgan fingerprint density at radius 2 is 2.09 bits per heavy atom. The number of aryl methyl sites for hydroxylation is 1.